The lowest BCUT2D eigenvalue weighted by molar-refractivity contribution is 0.0842. The van der Waals surface area contributed by atoms with E-state index in [-0.39, 0.29) is 11.7 Å². The fourth-order valence-corrected chi connectivity index (χ4v) is 3.13. The molecule has 1 aliphatic heterocycles. The molecule has 0 bridgehead atoms. The van der Waals surface area contributed by atoms with Crippen LogP contribution < -0.4 is 5.32 Å². The van der Waals surface area contributed by atoms with E-state index in [1.54, 1.807) is 18.2 Å². The Kier molecular flexibility index (Phi) is 3.76. The van der Waals surface area contributed by atoms with Crippen molar-refractivity contribution in [2.45, 2.75) is 33.6 Å². The van der Waals surface area contributed by atoms with Crippen LogP contribution in [0.3, 0.4) is 0 Å². The van der Waals surface area contributed by atoms with Crippen molar-refractivity contribution in [3.8, 4) is 0 Å². The second-order valence-corrected chi connectivity index (χ2v) is 5.99. The van der Waals surface area contributed by atoms with Gasteiger partial charge in [0, 0.05) is 28.0 Å². The van der Waals surface area contributed by atoms with Gasteiger partial charge in [0.1, 0.15) is 0 Å². The zero-order valence-electron chi connectivity index (χ0n) is 13.5. The Labute approximate surface area is 134 Å². The molecule has 118 valence electrons. The minimum Gasteiger partial charge on any atom is -0.294 e. The molecule has 4 heteroatoms. The van der Waals surface area contributed by atoms with Gasteiger partial charge >= 0.3 is 0 Å². The Morgan fingerprint density at radius 3 is 2.17 bits per heavy atom. The summed E-state index contributed by atoms with van der Waals surface area (Å²) in [5, 5.41) is 3.73. The Balaban J connectivity index is 2.42. The van der Waals surface area contributed by atoms with Crippen LogP contribution in [-0.2, 0) is 6.42 Å². The molecule has 1 unspecified atom stereocenters. The first-order valence-electron chi connectivity index (χ1n) is 7.98. The largest absolute Gasteiger partial charge is 0.294 e. The van der Waals surface area contributed by atoms with Crippen LogP contribution in [0.2, 0.25) is 0 Å². The molecule has 0 aromatic heterocycles. The minimum absolute atomic E-state index is 0.0596. The number of rotatable bonds is 4. The number of benzene rings is 2. The van der Waals surface area contributed by atoms with Crippen molar-refractivity contribution in [3.63, 3.8) is 0 Å². The van der Waals surface area contributed by atoms with Crippen molar-refractivity contribution in [1.82, 2.24) is 5.32 Å². The number of carbonyl (C=O) groups excluding carboxylic acids is 3. The second kappa shape index (κ2) is 5.61. The summed E-state index contributed by atoms with van der Waals surface area (Å²) in [7, 11) is 0. The summed E-state index contributed by atoms with van der Waals surface area (Å²) in [5.41, 5.74) is 2.52. The van der Waals surface area contributed by atoms with Crippen molar-refractivity contribution in [3.05, 3.63) is 46.5 Å². The van der Waals surface area contributed by atoms with Crippen LogP contribution >= 0.6 is 0 Å². The van der Waals surface area contributed by atoms with Gasteiger partial charge in [0.25, 0.3) is 11.8 Å². The highest BCUT2D eigenvalue weighted by atomic mass is 16.2. The van der Waals surface area contributed by atoms with E-state index in [0.29, 0.717) is 22.1 Å². The standard InChI is InChI=1S/C19H19NO3/c1-4-10(3)17(21)12-8-9-14-16-13(18(22)20-19(14)23)7-6-11(5-2)15(12)16/h6-10H,4-5H2,1-3H3,(H,20,22,23). The number of nitrogens with one attached hydrogen (secondary N) is 1. The number of hydrogen-bond acceptors (Lipinski definition) is 3. The molecular formula is C19H19NO3. The summed E-state index contributed by atoms with van der Waals surface area (Å²) in [5.74, 6) is -0.833. The first kappa shape index (κ1) is 15.4. The van der Waals surface area contributed by atoms with E-state index in [1.165, 1.54) is 0 Å². The van der Waals surface area contributed by atoms with Gasteiger partial charge in [0.2, 0.25) is 0 Å². The van der Waals surface area contributed by atoms with Crippen molar-refractivity contribution >= 4 is 28.4 Å². The summed E-state index contributed by atoms with van der Waals surface area (Å²) in [6.07, 6.45) is 1.49. The number of imide groups is 1. The van der Waals surface area contributed by atoms with E-state index in [2.05, 4.69) is 5.32 Å². The van der Waals surface area contributed by atoms with Crippen molar-refractivity contribution in [1.29, 1.82) is 0 Å². The highest BCUT2D eigenvalue weighted by Gasteiger charge is 2.28. The van der Waals surface area contributed by atoms with Gasteiger partial charge in [-0.05, 0) is 42.0 Å². The quantitative estimate of drug-likeness (QED) is 0.694. The molecule has 1 heterocycles. The average Bonchev–Trinajstić information content (AvgIpc) is 2.57. The van der Waals surface area contributed by atoms with Crippen molar-refractivity contribution in [2.75, 3.05) is 0 Å². The van der Waals surface area contributed by atoms with Crippen LogP contribution in [0.1, 0.15) is 63.8 Å². The predicted molar refractivity (Wildman–Crippen MR) is 88.9 cm³/mol. The third-order valence-corrected chi connectivity index (χ3v) is 4.67. The highest BCUT2D eigenvalue weighted by Crippen LogP contribution is 2.33. The molecule has 2 amide bonds. The van der Waals surface area contributed by atoms with Gasteiger partial charge in [-0.25, -0.2) is 0 Å². The molecule has 0 saturated heterocycles. The Bertz CT molecular complexity index is 831. The molecule has 4 nitrogen and oxygen atoms in total. The summed E-state index contributed by atoms with van der Waals surface area (Å²) >= 11 is 0. The lowest BCUT2D eigenvalue weighted by Crippen LogP contribution is -2.35. The normalized spacial score (nSPS) is 14.7. The molecular weight excluding hydrogens is 290 g/mol. The second-order valence-electron chi connectivity index (χ2n) is 5.99. The smallest absolute Gasteiger partial charge is 0.258 e. The third-order valence-electron chi connectivity index (χ3n) is 4.67. The first-order valence-corrected chi connectivity index (χ1v) is 7.98. The van der Waals surface area contributed by atoms with Crippen LogP contribution in [0, 0.1) is 5.92 Å². The molecule has 1 atom stereocenters. The molecule has 1 aliphatic rings. The molecule has 0 fully saturated rings. The molecule has 2 aromatic rings. The predicted octanol–water partition coefficient (Wildman–Crippen LogP) is 3.51. The van der Waals surface area contributed by atoms with E-state index < -0.39 is 11.8 Å². The Morgan fingerprint density at radius 1 is 1.00 bits per heavy atom. The number of hydrogen-bond donors (Lipinski definition) is 1. The Hall–Kier alpha value is -2.49. The summed E-state index contributed by atoms with van der Waals surface area (Å²) in [6.45, 7) is 5.89. The van der Waals surface area contributed by atoms with Crippen LogP contribution in [-0.4, -0.2) is 17.6 Å². The van der Waals surface area contributed by atoms with E-state index in [0.717, 1.165) is 23.8 Å². The SMILES string of the molecule is CCc1ccc2c3c(ccc(C(=O)C(C)CC)c13)C(=O)NC2=O. The summed E-state index contributed by atoms with van der Waals surface area (Å²) in [6, 6.07) is 7.00. The molecule has 1 N–H and O–H groups in total. The van der Waals surface area contributed by atoms with Gasteiger partial charge < -0.3 is 0 Å². The van der Waals surface area contributed by atoms with Crippen LogP contribution in [0.25, 0.3) is 10.8 Å². The van der Waals surface area contributed by atoms with Gasteiger partial charge in [0.15, 0.2) is 5.78 Å². The lowest BCUT2D eigenvalue weighted by atomic mass is 9.85. The average molecular weight is 309 g/mol. The number of ketones is 1. The van der Waals surface area contributed by atoms with Gasteiger partial charge in [-0.2, -0.15) is 0 Å². The molecule has 0 aliphatic carbocycles. The topological polar surface area (TPSA) is 63.2 Å². The number of Topliss-reactive ketones (excluding diaryl/α,β-unsaturated/α-hetero) is 1. The van der Waals surface area contributed by atoms with Crippen LogP contribution in [0.4, 0.5) is 0 Å². The van der Waals surface area contributed by atoms with Gasteiger partial charge in [-0.3, -0.25) is 19.7 Å². The molecule has 0 spiro atoms. The molecule has 0 radical (unpaired) electrons. The molecule has 0 saturated carbocycles. The number of amides is 2. The highest BCUT2D eigenvalue weighted by molar-refractivity contribution is 6.28. The third kappa shape index (κ3) is 2.25. The molecule has 2 aromatic carbocycles. The van der Waals surface area contributed by atoms with Gasteiger partial charge in [-0.1, -0.05) is 26.8 Å². The van der Waals surface area contributed by atoms with Crippen molar-refractivity contribution < 1.29 is 14.4 Å². The fourth-order valence-electron chi connectivity index (χ4n) is 3.13. The molecule has 23 heavy (non-hydrogen) atoms. The summed E-state index contributed by atoms with van der Waals surface area (Å²) < 4.78 is 0. The Morgan fingerprint density at radius 2 is 1.61 bits per heavy atom. The maximum absolute atomic E-state index is 12.8. The lowest BCUT2D eigenvalue weighted by Gasteiger charge is -2.21. The van der Waals surface area contributed by atoms with Crippen LogP contribution in [0.5, 0.6) is 0 Å². The van der Waals surface area contributed by atoms with Gasteiger partial charge in [-0.15, -0.1) is 0 Å². The minimum atomic E-state index is -0.400. The zero-order valence-corrected chi connectivity index (χ0v) is 13.5. The number of carbonyl (C=O) groups is 3. The van der Waals surface area contributed by atoms with E-state index in [9.17, 15) is 14.4 Å². The fraction of sp³-hybridized carbons (Fsp3) is 0.316. The summed E-state index contributed by atoms with van der Waals surface area (Å²) in [4.78, 5) is 37.0. The maximum Gasteiger partial charge on any atom is 0.258 e. The van der Waals surface area contributed by atoms with E-state index in [4.69, 9.17) is 0 Å². The van der Waals surface area contributed by atoms with E-state index in [1.807, 2.05) is 26.8 Å². The van der Waals surface area contributed by atoms with Gasteiger partial charge in [0.05, 0.1) is 0 Å². The zero-order chi connectivity index (χ0) is 16.7. The number of aryl methyl sites for hydroxylation is 1. The molecule has 3 rings (SSSR count). The van der Waals surface area contributed by atoms with E-state index >= 15 is 0 Å². The first-order chi connectivity index (χ1) is 11.0. The van der Waals surface area contributed by atoms with Crippen LogP contribution in [0.15, 0.2) is 24.3 Å². The maximum atomic E-state index is 12.8. The monoisotopic (exact) mass is 309 g/mol. The van der Waals surface area contributed by atoms with Crippen molar-refractivity contribution in [2.24, 2.45) is 5.92 Å².